The molecular weight excluding hydrogens is 318 g/mol. The fourth-order valence-electron chi connectivity index (χ4n) is 3.52. The van der Waals surface area contributed by atoms with Gasteiger partial charge in [-0.15, -0.1) is 12.4 Å². The molecule has 0 radical (unpaired) electrons. The first-order valence-electron chi connectivity index (χ1n) is 8.75. The van der Waals surface area contributed by atoms with Crippen molar-refractivity contribution in [2.75, 3.05) is 6.61 Å². The summed E-state index contributed by atoms with van der Waals surface area (Å²) in [6.45, 7) is 2.73. The molecule has 0 aliphatic heterocycles. The lowest BCUT2D eigenvalue weighted by molar-refractivity contribution is -0.0230. The number of hydrogen-bond acceptors (Lipinski definition) is 2. The molecule has 2 N–H and O–H groups in total. The van der Waals surface area contributed by atoms with Crippen molar-refractivity contribution in [3.63, 3.8) is 0 Å². The van der Waals surface area contributed by atoms with E-state index in [4.69, 9.17) is 10.5 Å². The molecule has 24 heavy (non-hydrogen) atoms. The van der Waals surface area contributed by atoms with Crippen LogP contribution in [-0.2, 0) is 10.3 Å². The van der Waals surface area contributed by atoms with Crippen molar-refractivity contribution < 1.29 is 4.74 Å². The molecule has 0 heterocycles. The van der Waals surface area contributed by atoms with Gasteiger partial charge in [0, 0.05) is 12.6 Å². The molecule has 0 aromatic heterocycles. The maximum Gasteiger partial charge on any atom is 0.120 e. The average molecular weight is 346 g/mol. The summed E-state index contributed by atoms with van der Waals surface area (Å²) in [5, 5.41) is 0. The van der Waals surface area contributed by atoms with Crippen molar-refractivity contribution in [2.24, 2.45) is 11.7 Å². The quantitative estimate of drug-likeness (QED) is 0.738. The summed E-state index contributed by atoms with van der Waals surface area (Å²) in [6.07, 6.45) is 4.61. The third-order valence-corrected chi connectivity index (χ3v) is 4.75. The molecule has 3 rings (SSSR count). The van der Waals surface area contributed by atoms with E-state index >= 15 is 0 Å². The van der Waals surface area contributed by atoms with Gasteiger partial charge in [0.25, 0.3) is 0 Å². The normalized spacial score (nSPS) is 15.6. The minimum Gasteiger partial charge on any atom is -0.366 e. The van der Waals surface area contributed by atoms with Crippen LogP contribution in [0.1, 0.15) is 43.7 Å². The van der Waals surface area contributed by atoms with Gasteiger partial charge in [-0.25, -0.2) is 0 Å². The van der Waals surface area contributed by atoms with E-state index in [1.165, 1.54) is 24.0 Å². The zero-order chi connectivity index (χ0) is 16.1. The minimum absolute atomic E-state index is 0. The Balaban J connectivity index is 0.00000208. The predicted octanol–water partition coefficient (Wildman–Crippen LogP) is 4.91. The molecule has 0 bridgehead atoms. The number of halogens is 1. The molecule has 1 atom stereocenters. The van der Waals surface area contributed by atoms with Crippen LogP contribution < -0.4 is 5.73 Å². The number of ether oxygens (including phenoxy) is 1. The molecule has 1 fully saturated rings. The van der Waals surface area contributed by atoms with E-state index in [0.717, 1.165) is 18.8 Å². The standard InChI is InChI=1S/C21H27NO.ClH/c1-2-23-21(18-9-5-3-6-10-18,19-11-7-4-8-12-19)16-20(22)15-17-13-14-17;/h3-12,17,20H,2,13-16,22H2,1H3;1H. The van der Waals surface area contributed by atoms with Gasteiger partial charge in [-0.2, -0.15) is 0 Å². The molecule has 2 aromatic carbocycles. The molecule has 2 aromatic rings. The number of rotatable bonds is 8. The van der Waals surface area contributed by atoms with E-state index < -0.39 is 5.60 Å². The van der Waals surface area contributed by atoms with Gasteiger partial charge in [-0.1, -0.05) is 73.5 Å². The van der Waals surface area contributed by atoms with E-state index in [0.29, 0.717) is 6.61 Å². The molecule has 3 heteroatoms. The van der Waals surface area contributed by atoms with Crippen LogP contribution >= 0.6 is 12.4 Å². The molecule has 0 amide bonds. The Hall–Kier alpha value is -1.35. The maximum atomic E-state index is 6.53. The van der Waals surface area contributed by atoms with Crippen LogP contribution in [0.25, 0.3) is 0 Å². The monoisotopic (exact) mass is 345 g/mol. The van der Waals surface area contributed by atoms with Crippen LogP contribution in [0, 0.1) is 5.92 Å². The first kappa shape index (κ1) is 19.0. The van der Waals surface area contributed by atoms with Crippen molar-refractivity contribution in [2.45, 2.75) is 44.2 Å². The van der Waals surface area contributed by atoms with E-state index in [2.05, 4.69) is 67.6 Å². The van der Waals surface area contributed by atoms with E-state index in [1.807, 2.05) is 0 Å². The first-order valence-corrected chi connectivity index (χ1v) is 8.75. The summed E-state index contributed by atoms with van der Waals surface area (Å²) in [5.74, 6) is 0.830. The van der Waals surface area contributed by atoms with E-state index in [-0.39, 0.29) is 18.4 Å². The zero-order valence-corrected chi connectivity index (χ0v) is 15.2. The average Bonchev–Trinajstić information content (AvgIpc) is 3.40. The first-order chi connectivity index (χ1) is 11.2. The summed E-state index contributed by atoms with van der Waals surface area (Å²) in [5.41, 5.74) is 8.46. The molecule has 2 nitrogen and oxygen atoms in total. The third-order valence-electron chi connectivity index (χ3n) is 4.75. The topological polar surface area (TPSA) is 35.2 Å². The Morgan fingerprint density at radius 3 is 1.92 bits per heavy atom. The molecule has 0 saturated heterocycles. The van der Waals surface area contributed by atoms with Gasteiger partial charge in [-0.05, 0) is 36.8 Å². The Kier molecular flexibility index (Phi) is 6.85. The number of benzene rings is 2. The van der Waals surface area contributed by atoms with Crippen LogP contribution in [0.5, 0.6) is 0 Å². The number of hydrogen-bond donors (Lipinski definition) is 1. The second-order valence-corrected chi connectivity index (χ2v) is 6.64. The summed E-state index contributed by atoms with van der Waals surface area (Å²) in [4.78, 5) is 0. The Morgan fingerprint density at radius 1 is 1.00 bits per heavy atom. The SMILES string of the molecule is CCOC(CC(N)CC1CC1)(c1ccccc1)c1ccccc1.Cl. The highest BCUT2D eigenvalue weighted by Crippen LogP contribution is 2.41. The van der Waals surface area contributed by atoms with Crippen LogP contribution in [-0.4, -0.2) is 12.6 Å². The Labute approximate surface area is 151 Å². The van der Waals surface area contributed by atoms with Crippen molar-refractivity contribution in [1.82, 2.24) is 0 Å². The lowest BCUT2D eigenvalue weighted by Gasteiger charge is -2.37. The van der Waals surface area contributed by atoms with Crippen LogP contribution in [0.15, 0.2) is 60.7 Å². The van der Waals surface area contributed by atoms with Gasteiger partial charge >= 0.3 is 0 Å². The Bertz CT molecular complexity index is 558. The summed E-state index contributed by atoms with van der Waals surface area (Å²) >= 11 is 0. The summed E-state index contributed by atoms with van der Waals surface area (Å²) < 4.78 is 6.39. The van der Waals surface area contributed by atoms with Gasteiger partial charge in [-0.3, -0.25) is 0 Å². The smallest absolute Gasteiger partial charge is 0.120 e. The largest absolute Gasteiger partial charge is 0.366 e. The molecule has 1 unspecified atom stereocenters. The highest BCUT2D eigenvalue weighted by Gasteiger charge is 2.38. The second-order valence-electron chi connectivity index (χ2n) is 6.64. The van der Waals surface area contributed by atoms with Gasteiger partial charge < -0.3 is 10.5 Å². The molecular formula is C21H28ClNO. The summed E-state index contributed by atoms with van der Waals surface area (Å²) in [6, 6.07) is 21.2. The summed E-state index contributed by atoms with van der Waals surface area (Å²) in [7, 11) is 0. The zero-order valence-electron chi connectivity index (χ0n) is 14.4. The van der Waals surface area contributed by atoms with Crippen molar-refractivity contribution in [1.29, 1.82) is 0 Å². The predicted molar refractivity (Wildman–Crippen MR) is 102 cm³/mol. The van der Waals surface area contributed by atoms with Crippen LogP contribution in [0.4, 0.5) is 0 Å². The van der Waals surface area contributed by atoms with Gasteiger partial charge in [0.15, 0.2) is 0 Å². The molecule has 130 valence electrons. The van der Waals surface area contributed by atoms with Crippen LogP contribution in [0.2, 0.25) is 0 Å². The van der Waals surface area contributed by atoms with Crippen LogP contribution in [0.3, 0.4) is 0 Å². The van der Waals surface area contributed by atoms with E-state index in [1.54, 1.807) is 0 Å². The number of nitrogens with two attached hydrogens (primary N) is 1. The van der Waals surface area contributed by atoms with Gasteiger partial charge in [0.1, 0.15) is 5.60 Å². The van der Waals surface area contributed by atoms with Crippen molar-refractivity contribution in [3.8, 4) is 0 Å². The second kappa shape index (κ2) is 8.66. The molecule has 1 aliphatic rings. The maximum absolute atomic E-state index is 6.53. The lowest BCUT2D eigenvalue weighted by Crippen LogP contribution is -2.38. The Morgan fingerprint density at radius 2 is 1.50 bits per heavy atom. The van der Waals surface area contributed by atoms with E-state index in [9.17, 15) is 0 Å². The van der Waals surface area contributed by atoms with Crippen molar-refractivity contribution in [3.05, 3.63) is 71.8 Å². The fourth-order valence-corrected chi connectivity index (χ4v) is 3.52. The highest BCUT2D eigenvalue weighted by molar-refractivity contribution is 5.85. The molecule has 1 saturated carbocycles. The van der Waals surface area contributed by atoms with Gasteiger partial charge in [0.2, 0.25) is 0 Å². The minimum atomic E-state index is -0.453. The van der Waals surface area contributed by atoms with Gasteiger partial charge in [0.05, 0.1) is 0 Å². The van der Waals surface area contributed by atoms with Crippen molar-refractivity contribution >= 4 is 12.4 Å². The third kappa shape index (κ3) is 4.38. The lowest BCUT2D eigenvalue weighted by atomic mass is 9.80. The molecule has 1 aliphatic carbocycles. The molecule has 0 spiro atoms. The fraction of sp³-hybridized carbons (Fsp3) is 0.429. The highest BCUT2D eigenvalue weighted by atomic mass is 35.5.